The summed E-state index contributed by atoms with van der Waals surface area (Å²) in [5, 5.41) is 8.21. The van der Waals surface area contributed by atoms with Crippen LogP contribution in [-0.4, -0.2) is 10.3 Å². The van der Waals surface area contributed by atoms with Crippen molar-refractivity contribution in [2.24, 2.45) is 0 Å². The number of hydrogen-bond donors (Lipinski definition) is 0. The lowest BCUT2D eigenvalue weighted by atomic mass is 9.90. The SMILES string of the molecule is CC(C)(Br)C(=O)OCc1ccc2ccc3c(CBr)ccc4ccc1c2c43. The van der Waals surface area contributed by atoms with Crippen LogP contribution in [0.2, 0.25) is 0 Å². The molecule has 4 rings (SSSR count). The van der Waals surface area contributed by atoms with E-state index >= 15 is 0 Å². The molecule has 0 unspecified atom stereocenters. The molecule has 0 aliphatic carbocycles. The Morgan fingerprint density at radius 3 is 1.92 bits per heavy atom. The Morgan fingerprint density at radius 2 is 1.38 bits per heavy atom. The van der Waals surface area contributed by atoms with Crippen LogP contribution in [0.1, 0.15) is 25.0 Å². The van der Waals surface area contributed by atoms with Crippen LogP contribution in [-0.2, 0) is 21.5 Å². The first kappa shape index (κ1) is 17.7. The molecular weight excluding hydrogens is 456 g/mol. The van der Waals surface area contributed by atoms with E-state index in [-0.39, 0.29) is 12.6 Å². The van der Waals surface area contributed by atoms with Crippen molar-refractivity contribution < 1.29 is 9.53 Å². The van der Waals surface area contributed by atoms with Gasteiger partial charge in [-0.2, -0.15) is 0 Å². The van der Waals surface area contributed by atoms with Gasteiger partial charge in [0, 0.05) is 5.33 Å². The first-order valence-electron chi connectivity index (χ1n) is 8.50. The van der Waals surface area contributed by atoms with Crippen molar-refractivity contribution >= 4 is 70.1 Å². The first-order chi connectivity index (χ1) is 12.4. The molecule has 132 valence electrons. The zero-order valence-electron chi connectivity index (χ0n) is 14.6. The molecule has 0 amide bonds. The highest BCUT2D eigenvalue weighted by molar-refractivity contribution is 9.10. The number of alkyl halides is 2. The van der Waals surface area contributed by atoms with E-state index in [0.717, 1.165) is 16.3 Å². The van der Waals surface area contributed by atoms with Gasteiger partial charge < -0.3 is 4.74 Å². The van der Waals surface area contributed by atoms with E-state index in [2.05, 4.69) is 80.4 Å². The van der Waals surface area contributed by atoms with Crippen molar-refractivity contribution in [2.45, 2.75) is 30.1 Å². The number of esters is 1. The topological polar surface area (TPSA) is 26.3 Å². The van der Waals surface area contributed by atoms with Gasteiger partial charge in [0.1, 0.15) is 10.9 Å². The second-order valence-corrected chi connectivity index (χ2v) is 9.60. The lowest BCUT2D eigenvalue weighted by Gasteiger charge is -2.17. The molecule has 0 aliphatic heterocycles. The second-order valence-electron chi connectivity index (χ2n) is 7.05. The summed E-state index contributed by atoms with van der Waals surface area (Å²) in [6, 6.07) is 17.2. The van der Waals surface area contributed by atoms with Gasteiger partial charge in [0.15, 0.2) is 0 Å². The van der Waals surface area contributed by atoms with Crippen LogP contribution >= 0.6 is 31.9 Å². The van der Waals surface area contributed by atoms with Gasteiger partial charge in [0.05, 0.1) is 0 Å². The predicted octanol–water partition coefficient (Wildman–Crippen LogP) is 6.70. The van der Waals surface area contributed by atoms with Crippen LogP contribution in [0.25, 0.3) is 32.3 Å². The quantitative estimate of drug-likeness (QED) is 0.187. The summed E-state index contributed by atoms with van der Waals surface area (Å²) in [7, 11) is 0. The van der Waals surface area contributed by atoms with E-state index in [1.807, 2.05) is 0 Å². The van der Waals surface area contributed by atoms with Crippen molar-refractivity contribution in [1.82, 2.24) is 0 Å². The Kier molecular flexibility index (Phi) is 4.44. The smallest absolute Gasteiger partial charge is 0.322 e. The highest BCUT2D eigenvalue weighted by atomic mass is 79.9. The van der Waals surface area contributed by atoms with Crippen LogP contribution < -0.4 is 0 Å². The average Bonchev–Trinajstić information content (AvgIpc) is 2.63. The number of carbonyl (C=O) groups excluding carboxylic acids is 1. The number of carbonyl (C=O) groups is 1. The van der Waals surface area contributed by atoms with E-state index in [1.165, 1.54) is 32.5 Å². The normalized spacial score (nSPS) is 12.3. The second kappa shape index (κ2) is 6.50. The molecule has 0 spiro atoms. The van der Waals surface area contributed by atoms with E-state index < -0.39 is 4.32 Å². The minimum Gasteiger partial charge on any atom is -0.460 e. The van der Waals surface area contributed by atoms with Crippen LogP contribution in [0, 0.1) is 0 Å². The third-order valence-corrected chi connectivity index (χ3v) is 5.76. The third-order valence-electron chi connectivity index (χ3n) is 4.83. The Morgan fingerprint density at radius 1 is 0.885 bits per heavy atom. The summed E-state index contributed by atoms with van der Waals surface area (Å²) in [6.45, 7) is 3.86. The van der Waals surface area contributed by atoms with Crippen molar-refractivity contribution in [3.63, 3.8) is 0 Å². The van der Waals surface area contributed by atoms with Gasteiger partial charge in [-0.05, 0) is 57.3 Å². The van der Waals surface area contributed by atoms with E-state index in [9.17, 15) is 4.79 Å². The zero-order valence-corrected chi connectivity index (χ0v) is 17.8. The molecule has 0 heterocycles. The van der Waals surface area contributed by atoms with Crippen LogP contribution in [0.5, 0.6) is 0 Å². The summed E-state index contributed by atoms with van der Waals surface area (Å²) in [6.07, 6.45) is 0. The molecule has 0 bridgehead atoms. The van der Waals surface area contributed by atoms with Crippen molar-refractivity contribution in [3.05, 3.63) is 59.7 Å². The molecule has 4 aromatic carbocycles. The van der Waals surface area contributed by atoms with E-state index in [0.29, 0.717) is 0 Å². The van der Waals surface area contributed by atoms with Crippen molar-refractivity contribution in [1.29, 1.82) is 0 Å². The van der Waals surface area contributed by atoms with Gasteiger partial charge in [-0.3, -0.25) is 4.79 Å². The fourth-order valence-corrected chi connectivity index (χ4v) is 4.08. The number of hydrogen-bond acceptors (Lipinski definition) is 2. The molecule has 0 N–H and O–H groups in total. The van der Waals surface area contributed by atoms with Crippen molar-refractivity contribution in [3.8, 4) is 0 Å². The van der Waals surface area contributed by atoms with Gasteiger partial charge in [0.25, 0.3) is 0 Å². The lowest BCUT2D eigenvalue weighted by molar-refractivity contribution is -0.146. The molecule has 26 heavy (non-hydrogen) atoms. The van der Waals surface area contributed by atoms with Gasteiger partial charge in [-0.25, -0.2) is 0 Å². The Labute approximate surface area is 169 Å². The number of halogens is 2. The summed E-state index contributed by atoms with van der Waals surface area (Å²) in [5.41, 5.74) is 2.31. The number of rotatable bonds is 4. The van der Waals surface area contributed by atoms with E-state index in [1.54, 1.807) is 13.8 Å². The minimum atomic E-state index is -0.679. The molecule has 2 nitrogen and oxygen atoms in total. The largest absolute Gasteiger partial charge is 0.460 e. The Balaban J connectivity index is 1.90. The van der Waals surface area contributed by atoms with Crippen molar-refractivity contribution in [2.75, 3.05) is 0 Å². The molecule has 4 aromatic rings. The van der Waals surface area contributed by atoms with Crippen LogP contribution in [0.4, 0.5) is 0 Å². The maximum atomic E-state index is 12.1. The standard InChI is InChI=1S/C22H18Br2O2/c1-22(2,24)21(25)26-12-16-6-4-14-7-9-17-15(11-23)5-3-13-8-10-18(16)20(14)19(13)17/h3-10H,11-12H2,1-2H3. The molecule has 0 aliphatic rings. The summed E-state index contributed by atoms with van der Waals surface area (Å²) < 4.78 is 4.86. The molecule has 0 atom stereocenters. The fraction of sp³-hybridized carbons (Fsp3) is 0.227. The minimum absolute atomic E-state index is 0.259. The fourth-order valence-electron chi connectivity index (χ4n) is 3.48. The molecule has 4 heteroatoms. The molecule has 0 fully saturated rings. The highest BCUT2D eigenvalue weighted by Crippen LogP contribution is 2.38. The average molecular weight is 474 g/mol. The summed E-state index contributed by atoms with van der Waals surface area (Å²) >= 11 is 6.96. The first-order valence-corrected chi connectivity index (χ1v) is 10.4. The van der Waals surface area contributed by atoms with Crippen LogP contribution in [0.3, 0.4) is 0 Å². The zero-order chi connectivity index (χ0) is 18.5. The lowest BCUT2D eigenvalue weighted by Crippen LogP contribution is -2.26. The monoisotopic (exact) mass is 472 g/mol. The molecule has 0 aromatic heterocycles. The molecular formula is C22H18Br2O2. The number of benzene rings is 4. The maximum absolute atomic E-state index is 12.1. The Hall–Kier alpha value is -1.65. The number of ether oxygens (including phenoxy) is 1. The summed E-state index contributed by atoms with van der Waals surface area (Å²) in [4.78, 5) is 12.1. The van der Waals surface area contributed by atoms with Gasteiger partial charge in [-0.15, -0.1) is 0 Å². The highest BCUT2D eigenvalue weighted by Gasteiger charge is 2.25. The predicted molar refractivity (Wildman–Crippen MR) is 116 cm³/mol. The third kappa shape index (κ3) is 2.89. The van der Waals surface area contributed by atoms with Gasteiger partial charge >= 0.3 is 5.97 Å². The maximum Gasteiger partial charge on any atom is 0.322 e. The van der Waals surface area contributed by atoms with E-state index in [4.69, 9.17) is 4.74 Å². The molecule has 0 saturated carbocycles. The Bertz CT molecular complexity index is 1130. The molecule has 0 radical (unpaired) electrons. The van der Waals surface area contributed by atoms with Crippen LogP contribution in [0.15, 0.2) is 48.5 Å². The van der Waals surface area contributed by atoms with Gasteiger partial charge in [0.2, 0.25) is 0 Å². The summed E-state index contributed by atoms with van der Waals surface area (Å²) in [5.74, 6) is -0.259. The molecule has 0 saturated heterocycles. The van der Waals surface area contributed by atoms with Gasteiger partial charge in [-0.1, -0.05) is 80.4 Å².